The summed E-state index contributed by atoms with van der Waals surface area (Å²) in [4.78, 5) is 16.7. The van der Waals surface area contributed by atoms with Gasteiger partial charge in [-0.2, -0.15) is 0 Å². The highest BCUT2D eigenvalue weighted by molar-refractivity contribution is 5.85. The molecule has 1 fully saturated rings. The van der Waals surface area contributed by atoms with Gasteiger partial charge in [0, 0.05) is 24.9 Å². The van der Waals surface area contributed by atoms with Crippen LogP contribution in [0.1, 0.15) is 37.4 Å². The van der Waals surface area contributed by atoms with Crippen LogP contribution in [0.2, 0.25) is 0 Å². The molecule has 5 nitrogen and oxygen atoms in total. The Balaban J connectivity index is 0.00000261. The Hall–Kier alpha value is -1.85. The van der Waals surface area contributed by atoms with Crippen LogP contribution in [0.15, 0.2) is 34.9 Å². The first-order valence-electron chi connectivity index (χ1n) is 9.60. The minimum absolute atomic E-state index is 0. The monoisotopic (exact) mass is 391 g/mol. The van der Waals surface area contributed by atoms with Crippen molar-refractivity contribution in [3.05, 3.63) is 41.8 Å². The first-order valence-corrected chi connectivity index (χ1v) is 9.60. The fourth-order valence-corrected chi connectivity index (χ4v) is 3.53. The van der Waals surface area contributed by atoms with Crippen LogP contribution in [-0.4, -0.2) is 30.5 Å². The van der Waals surface area contributed by atoms with Crippen LogP contribution in [-0.2, 0) is 11.2 Å². The fraction of sp³-hybridized carbons (Fsp3) is 0.524. The molecule has 1 atom stereocenters. The van der Waals surface area contributed by atoms with Crippen LogP contribution in [0.3, 0.4) is 0 Å². The maximum atomic E-state index is 12.2. The summed E-state index contributed by atoms with van der Waals surface area (Å²) in [5.41, 5.74) is 3.05. The molecule has 2 heterocycles. The smallest absolute Gasteiger partial charge is 0.226 e. The summed E-state index contributed by atoms with van der Waals surface area (Å²) in [6.45, 7) is 7.00. The van der Waals surface area contributed by atoms with E-state index in [1.54, 1.807) is 6.26 Å². The van der Waals surface area contributed by atoms with Crippen LogP contribution in [0.25, 0.3) is 11.5 Å². The minimum Gasteiger partial charge on any atom is -0.444 e. The average molecular weight is 392 g/mol. The van der Waals surface area contributed by atoms with Gasteiger partial charge < -0.3 is 15.1 Å². The molecule has 1 unspecified atom stereocenters. The van der Waals surface area contributed by atoms with Crippen molar-refractivity contribution < 1.29 is 9.21 Å². The number of carbonyl (C=O) groups is 1. The Morgan fingerprint density at radius 3 is 2.70 bits per heavy atom. The lowest BCUT2D eigenvalue weighted by molar-refractivity contribution is -0.122. The second kappa shape index (κ2) is 10.5. The van der Waals surface area contributed by atoms with Gasteiger partial charge in [0.15, 0.2) is 0 Å². The molecule has 0 spiro atoms. The van der Waals surface area contributed by atoms with E-state index in [1.807, 2.05) is 24.3 Å². The molecule has 1 aromatic heterocycles. The van der Waals surface area contributed by atoms with Gasteiger partial charge in [-0.25, -0.2) is 4.98 Å². The molecule has 3 rings (SSSR count). The number of hydrogen-bond acceptors (Lipinski definition) is 4. The third-order valence-corrected chi connectivity index (χ3v) is 5.25. The number of oxazole rings is 1. The molecule has 148 valence electrons. The van der Waals surface area contributed by atoms with Gasteiger partial charge in [-0.05, 0) is 56.8 Å². The number of carbonyl (C=O) groups excluding carboxylic acids is 1. The summed E-state index contributed by atoms with van der Waals surface area (Å²) in [7, 11) is 0. The molecule has 1 saturated heterocycles. The first kappa shape index (κ1) is 21.5. The van der Waals surface area contributed by atoms with Crippen molar-refractivity contribution in [2.45, 2.75) is 39.5 Å². The number of hydrogen-bond donors (Lipinski definition) is 2. The number of rotatable bonds is 7. The Kier molecular flexibility index (Phi) is 8.32. The zero-order valence-electron chi connectivity index (χ0n) is 16.2. The Bertz CT molecular complexity index is 708. The zero-order valence-corrected chi connectivity index (χ0v) is 17.0. The molecule has 2 aromatic rings. The fourth-order valence-electron chi connectivity index (χ4n) is 3.53. The van der Waals surface area contributed by atoms with Crippen molar-refractivity contribution in [1.82, 2.24) is 15.6 Å². The maximum absolute atomic E-state index is 12.2. The number of benzene rings is 1. The third kappa shape index (κ3) is 6.36. The van der Waals surface area contributed by atoms with Crippen LogP contribution in [0.5, 0.6) is 0 Å². The molecule has 0 saturated carbocycles. The van der Waals surface area contributed by atoms with Crippen LogP contribution in [0, 0.1) is 18.8 Å². The lowest BCUT2D eigenvalue weighted by Crippen LogP contribution is -2.34. The SMILES string of the molecule is Cc1ccc(-c2nc(CCNC(=O)CC(C)C3CCNCC3)co2)cc1.Cl. The lowest BCUT2D eigenvalue weighted by Gasteiger charge is -2.27. The normalized spacial score (nSPS) is 15.8. The quantitative estimate of drug-likeness (QED) is 0.754. The van der Waals surface area contributed by atoms with Crippen molar-refractivity contribution in [2.75, 3.05) is 19.6 Å². The highest BCUT2D eigenvalue weighted by atomic mass is 35.5. The molecule has 1 aromatic carbocycles. The molecule has 1 aliphatic rings. The minimum atomic E-state index is 0. The van der Waals surface area contributed by atoms with Gasteiger partial charge in [-0.1, -0.05) is 24.6 Å². The highest BCUT2D eigenvalue weighted by Gasteiger charge is 2.21. The van der Waals surface area contributed by atoms with Crippen molar-refractivity contribution in [3.63, 3.8) is 0 Å². The Labute approximate surface area is 167 Å². The highest BCUT2D eigenvalue weighted by Crippen LogP contribution is 2.24. The van der Waals surface area contributed by atoms with Crippen molar-refractivity contribution in [1.29, 1.82) is 0 Å². The summed E-state index contributed by atoms with van der Waals surface area (Å²) >= 11 is 0. The van der Waals surface area contributed by atoms with Crippen LogP contribution >= 0.6 is 12.4 Å². The summed E-state index contributed by atoms with van der Waals surface area (Å²) in [5.74, 6) is 1.87. The van der Waals surface area contributed by atoms with E-state index in [0.717, 1.165) is 24.3 Å². The Morgan fingerprint density at radius 1 is 1.30 bits per heavy atom. The van der Waals surface area contributed by atoms with Crippen molar-refractivity contribution in [3.8, 4) is 11.5 Å². The van der Waals surface area contributed by atoms with Gasteiger partial charge in [0.25, 0.3) is 0 Å². The predicted molar refractivity (Wildman–Crippen MR) is 110 cm³/mol. The maximum Gasteiger partial charge on any atom is 0.226 e. The zero-order chi connectivity index (χ0) is 18.4. The summed E-state index contributed by atoms with van der Waals surface area (Å²) < 4.78 is 5.56. The van der Waals surface area contributed by atoms with E-state index in [4.69, 9.17) is 4.42 Å². The van der Waals surface area contributed by atoms with Gasteiger partial charge in [0.1, 0.15) is 6.26 Å². The van der Waals surface area contributed by atoms with Crippen molar-refractivity contribution in [2.24, 2.45) is 11.8 Å². The molecule has 2 N–H and O–H groups in total. The molecule has 0 radical (unpaired) electrons. The first-order chi connectivity index (χ1) is 12.6. The summed E-state index contributed by atoms with van der Waals surface area (Å²) in [5, 5.41) is 6.40. The van der Waals surface area contributed by atoms with Gasteiger partial charge in [0.2, 0.25) is 11.8 Å². The number of aromatic nitrogens is 1. The molecule has 27 heavy (non-hydrogen) atoms. The number of amides is 1. The standard InChI is InChI=1S/C21H29N3O2.ClH/c1-15-3-5-18(6-4-15)21-24-19(14-26-21)9-12-23-20(25)13-16(2)17-7-10-22-11-8-17;/h3-6,14,16-17,22H,7-13H2,1-2H3,(H,23,25);1H. The molecule has 0 aliphatic carbocycles. The van der Waals surface area contributed by atoms with Crippen LogP contribution < -0.4 is 10.6 Å². The number of halogens is 1. The van der Waals surface area contributed by atoms with E-state index in [9.17, 15) is 4.79 Å². The van der Waals surface area contributed by atoms with Gasteiger partial charge in [0.05, 0.1) is 5.69 Å². The van der Waals surface area contributed by atoms with E-state index in [0.29, 0.717) is 37.1 Å². The second-order valence-electron chi connectivity index (χ2n) is 7.38. The molecule has 1 aliphatic heterocycles. The molecule has 6 heteroatoms. The molecule has 0 bridgehead atoms. The predicted octanol–water partition coefficient (Wildman–Crippen LogP) is 3.76. The van der Waals surface area contributed by atoms with E-state index < -0.39 is 0 Å². The number of nitrogens with zero attached hydrogens (tertiary/aromatic N) is 1. The van der Waals surface area contributed by atoms with Gasteiger partial charge >= 0.3 is 0 Å². The summed E-state index contributed by atoms with van der Waals surface area (Å²) in [6.07, 6.45) is 5.32. The topological polar surface area (TPSA) is 67.2 Å². The van der Waals surface area contributed by atoms with Crippen molar-refractivity contribution >= 4 is 18.3 Å². The molecular formula is C21H30ClN3O2. The lowest BCUT2D eigenvalue weighted by atomic mass is 9.84. The van der Waals surface area contributed by atoms with Gasteiger partial charge in [-0.3, -0.25) is 4.79 Å². The van der Waals surface area contributed by atoms with E-state index in [2.05, 4.69) is 29.5 Å². The molecular weight excluding hydrogens is 362 g/mol. The third-order valence-electron chi connectivity index (χ3n) is 5.25. The van der Waals surface area contributed by atoms with E-state index >= 15 is 0 Å². The van der Waals surface area contributed by atoms with E-state index in [-0.39, 0.29) is 18.3 Å². The Morgan fingerprint density at radius 2 is 2.00 bits per heavy atom. The van der Waals surface area contributed by atoms with Gasteiger partial charge in [-0.15, -0.1) is 12.4 Å². The van der Waals surface area contributed by atoms with E-state index in [1.165, 1.54) is 18.4 Å². The van der Waals surface area contributed by atoms with Crippen LogP contribution in [0.4, 0.5) is 0 Å². The average Bonchev–Trinajstić information content (AvgIpc) is 3.12. The number of piperidine rings is 1. The molecule has 1 amide bonds. The number of aryl methyl sites for hydroxylation is 1. The summed E-state index contributed by atoms with van der Waals surface area (Å²) in [6, 6.07) is 8.11. The second-order valence-corrected chi connectivity index (χ2v) is 7.38. The largest absolute Gasteiger partial charge is 0.444 e. The number of nitrogens with one attached hydrogen (secondary N) is 2.